The second kappa shape index (κ2) is 8.01. The van der Waals surface area contributed by atoms with Crippen LogP contribution in [-0.2, 0) is 11.3 Å². The van der Waals surface area contributed by atoms with E-state index in [-0.39, 0.29) is 35.3 Å². The molecular weight excluding hydrogens is 375 g/mol. The summed E-state index contributed by atoms with van der Waals surface area (Å²) in [7, 11) is 1.43. The minimum Gasteiger partial charge on any atom is -0.378 e. The summed E-state index contributed by atoms with van der Waals surface area (Å²) in [6.45, 7) is 6.90. The third-order valence-corrected chi connectivity index (χ3v) is 3.69. The first-order valence-electron chi connectivity index (χ1n) is 7.88. The molecule has 0 aliphatic carbocycles. The first kappa shape index (κ1) is 19.2. The number of halogens is 3. The van der Waals surface area contributed by atoms with Gasteiger partial charge in [0.15, 0.2) is 5.69 Å². The summed E-state index contributed by atoms with van der Waals surface area (Å²) >= 11 is 0. The van der Waals surface area contributed by atoms with Crippen molar-refractivity contribution >= 4 is 5.70 Å². The van der Waals surface area contributed by atoms with Gasteiger partial charge in [-0.05, 0) is 24.3 Å². The van der Waals surface area contributed by atoms with Crippen LogP contribution in [0.4, 0.5) is 13.2 Å². The molecule has 10 heteroatoms. The standard InChI is InChI=1S/C18H14F3N5O2/c1-4-12(20)14(5-2)26-15(9-27-3)16(23-25-26)18-22-17(24-28-18)11-7-6-10(19)8-13(11)21/h4-8H,1-2,9H2,3H3/b14-12-. The lowest BCUT2D eigenvalue weighted by molar-refractivity contribution is 0.179. The van der Waals surface area contributed by atoms with Gasteiger partial charge in [0.05, 0.1) is 12.2 Å². The van der Waals surface area contributed by atoms with E-state index in [0.717, 1.165) is 16.8 Å². The SMILES string of the molecule is C=C/C(F)=C(\C=C)n1nnc(-c2nc(-c3ccc(F)cc3F)no2)c1COC. The second-order valence-corrected chi connectivity index (χ2v) is 5.42. The van der Waals surface area contributed by atoms with Crippen molar-refractivity contribution in [2.75, 3.05) is 7.11 Å². The summed E-state index contributed by atoms with van der Waals surface area (Å²) < 4.78 is 52.5. The Morgan fingerprint density at radius 1 is 1.29 bits per heavy atom. The first-order chi connectivity index (χ1) is 13.5. The van der Waals surface area contributed by atoms with Crippen LogP contribution < -0.4 is 0 Å². The van der Waals surface area contributed by atoms with Gasteiger partial charge in [0.1, 0.15) is 28.9 Å². The van der Waals surface area contributed by atoms with E-state index in [1.54, 1.807) is 0 Å². The number of ether oxygens (including phenoxy) is 1. The van der Waals surface area contributed by atoms with E-state index < -0.39 is 17.5 Å². The molecular formula is C18H14F3N5O2. The summed E-state index contributed by atoms with van der Waals surface area (Å²) in [6, 6.07) is 2.96. The molecule has 3 aromatic rings. The maximum Gasteiger partial charge on any atom is 0.280 e. The fourth-order valence-corrected chi connectivity index (χ4v) is 2.42. The third-order valence-electron chi connectivity index (χ3n) is 3.69. The van der Waals surface area contributed by atoms with E-state index in [0.29, 0.717) is 11.8 Å². The number of allylic oxidation sites excluding steroid dienone is 4. The highest BCUT2D eigenvalue weighted by molar-refractivity contribution is 5.65. The first-order valence-corrected chi connectivity index (χ1v) is 7.88. The minimum atomic E-state index is -0.849. The van der Waals surface area contributed by atoms with Crippen LogP contribution in [0.1, 0.15) is 5.69 Å². The van der Waals surface area contributed by atoms with Crippen molar-refractivity contribution in [3.8, 4) is 23.0 Å². The zero-order valence-corrected chi connectivity index (χ0v) is 14.7. The number of rotatable bonds is 7. The Hall–Kier alpha value is -3.53. The Kier molecular flexibility index (Phi) is 5.50. The molecule has 2 heterocycles. The van der Waals surface area contributed by atoms with Crippen LogP contribution in [0.2, 0.25) is 0 Å². The predicted octanol–water partition coefficient (Wildman–Crippen LogP) is 3.93. The summed E-state index contributed by atoms with van der Waals surface area (Å²) in [4.78, 5) is 4.08. The van der Waals surface area contributed by atoms with Crippen molar-refractivity contribution < 1.29 is 22.4 Å². The number of nitrogens with zero attached hydrogens (tertiary/aromatic N) is 5. The maximum atomic E-state index is 14.1. The molecule has 0 unspecified atom stereocenters. The molecule has 0 aliphatic rings. The monoisotopic (exact) mass is 389 g/mol. The number of benzene rings is 1. The van der Waals surface area contributed by atoms with Gasteiger partial charge in [-0.15, -0.1) is 5.10 Å². The van der Waals surface area contributed by atoms with E-state index in [9.17, 15) is 13.2 Å². The van der Waals surface area contributed by atoms with Crippen molar-refractivity contribution in [3.63, 3.8) is 0 Å². The van der Waals surface area contributed by atoms with Gasteiger partial charge in [-0.2, -0.15) is 4.98 Å². The lowest BCUT2D eigenvalue weighted by Gasteiger charge is -2.07. The smallest absolute Gasteiger partial charge is 0.280 e. The van der Waals surface area contributed by atoms with Gasteiger partial charge < -0.3 is 9.26 Å². The minimum absolute atomic E-state index is 0.00915. The average Bonchev–Trinajstić information content (AvgIpc) is 3.30. The summed E-state index contributed by atoms with van der Waals surface area (Å²) in [6.07, 6.45) is 2.23. The molecule has 1 aromatic carbocycles. The zero-order valence-electron chi connectivity index (χ0n) is 14.7. The molecule has 0 saturated heterocycles. The molecule has 28 heavy (non-hydrogen) atoms. The lowest BCUT2D eigenvalue weighted by atomic mass is 10.2. The average molecular weight is 389 g/mol. The van der Waals surface area contributed by atoms with Crippen LogP contribution >= 0.6 is 0 Å². The van der Waals surface area contributed by atoms with Gasteiger partial charge in [0, 0.05) is 13.2 Å². The molecule has 0 bridgehead atoms. The molecule has 0 spiro atoms. The fourth-order valence-electron chi connectivity index (χ4n) is 2.42. The Labute approximate surface area is 157 Å². The summed E-state index contributed by atoms with van der Waals surface area (Å²) in [5.74, 6) is -2.47. The van der Waals surface area contributed by atoms with E-state index in [4.69, 9.17) is 9.26 Å². The second-order valence-electron chi connectivity index (χ2n) is 5.42. The van der Waals surface area contributed by atoms with Gasteiger partial charge in [0.2, 0.25) is 5.82 Å². The van der Waals surface area contributed by atoms with Crippen LogP contribution in [0.25, 0.3) is 28.7 Å². The quantitative estimate of drug-likeness (QED) is 0.570. The lowest BCUT2D eigenvalue weighted by Crippen LogP contribution is -2.06. The molecule has 0 radical (unpaired) electrons. The van der Waals surface area contributed by atoms with E-state index in [2.05, 4.69) is 33.6 Å². The van der Waals surface area contributed by atoms with Crippen LogP contribution in [0.5, 0.6) is 0 Å². The van der Waals surface area contributed by atoms with Crippen LogP contribution in [0.3, 0.4) is 0 Å². The van der Waals surface area contributed by atoms with Crippen molar-refractivity contribution in [1.29, 1.82) is 0 Å². The highest BCUT2D eigenvalue weighted by Gasteiger charge is 2.23. The largest absolute Gasteiger partial charge is 0.378 e. The molecule has 0 aliphatic heterocycles. The summed E-state index contributed by atoms with van der Waals surface area (Å²) in [5, 5.41) is 11.5. The Bertz CT molecular complexity index is 1070. The number of methoxy groups -OCH3 is 1. The Balaban J connectivity index is 2.09. The normalized spacial score (nSPS) is 12.0. The maximum absolute atomic E-state index is 14.1. The van der Waals surface area contributed by atoms with E-state index in [1.807, 2.05) is 0 Å². The van der Waals surface area contributed by atoms with E-state index in [1.165, 1.54) is 19.3 Å². The van der Waals surface area contributed by atoms with Gasteiger partial charge in [0.25, 0.3) is 5.89 Å². The van der Waals surface area contributed by atoms with Crippen molar-refractivity contribution in [2.45, 2.75) is 6.61 Å². The van der Waals surface area contributed by atoms with Crippen molar-refractivity contribution in [2.24, 2.45) is 0 Å². The third kappa shape index (κ3) is 3.49. The molecule has 3 rings (SSSR count). The molecule has 7 nitrogen and oxygen atoms in total. The molecule has 0 fully saturated rings. The highest BCUT2D eigenvalue weighted by Crippen LogP contribution is 2.27. The predicted molar refractivity (Wildman–Crippen MR) is 94.1 cm³/mol. The van der Waals surface area contributed by atoms with Gasteiger partial charge >= 0.3 is 0 Å². The highest BCUT2D eigenvalue weighted by atomic mass is 19.1. The molecule has 144 valence electrons. The van der Waals surface area contributed by atoms with Crippen LogP contribution in [0, 0.1) is 11.6 Å². The number of aromatic nitrogens is 5. The Morgan fingerprint density at radius 2 is 2.07 bits per heavy atom. The molecule has 0 atom stereocenters. The van der Waals surface area contributed by atoms with Crippen LogP contribution in [0.15, 0.2) is 53.9 Å². The zero-order chi connectivity index (χ0) is 20.3. The van der Waals surface area contributed by atoms with Gasteiger partial charge in [-0.25, -0.2) is 17.9 Å². The molecule has 0 amide bonds. The Morgan fingerprint density at radius 3 is 2.71 bits per heavy atom. The molecule has 0 N–H and O–H groups in total. The van der Waals surface area contributed by atoms with Crippen molar-refractivity contribution in [3.05, 3.63) is 66.7 Å². The number of hydrogen-bond donors (Lipinski definition) is 0. The molecule has 0 saturated carbocycles. The van der Waals surface area contributed by atoms with Crippen LogP contribution in [-0.4, -0.2) is 32.2 Å². The topological polar surface area (TPSA) is 78.9 Å². The van der Waals surface area contributed by atoms with Crippen molar-refractivity contribution in [1.82, 2.24) is 25.1 Å². The van der Waals surface area contributed by atoms with Gasteiger partial charge in [-0.1, -0.05) is 23.5 Å². The summed E-state index contributed by atoms with van der Waals surface area (Å²) in [5.41, 5.74) is 0.343. The van der Waals surface area contributed by atoms with Gasteiger partial charge in [-0.3, -0.25) is 0 Å². The van der Waals surface area contributed by atoms with E-state index >= 15 is 0 Å². The fraction of sp³-hybridized carbons (Fsp3) is 0.111. The number of hydrogen-bond acceptors (Lipinski definition) is 6. The molecule has 2 aromatic heterocycles.